The van der Waals surface area contributed by atoms with E-state index in [4.69, 9.17) is 5.73 Å². The molecule has 0 aromatic carbocycles. The number of aromatic nitrogens is 1. The van der Waals surface area contributed by atoms with Gasteiger partial charge in [0.05, 0.1) is 23.3 Å². The van der Waals surface area contributed by atoms with Crippen LogP contribution in [0.3, 0.4) is 0 Å². The van der Waals surface area contributed by atoms with Gasteiger partial charge in [-0.3, -0.25) is 9.78 Å². The molecule has 3 N–H and O–H groups in total. The fraction of sp³-hybridized carbons (Fsp3) is 0.538. The third-order valence-corrected chi connectivity index (χ3v) is 3.50. The number of nitrogens with two attached hydrogens (primary N) is 1. The van der Waals surface area contributed by atoms with Crippen molar-refractivity contribution in [3.05, 3.63) is 18.0 Å². The Morgan fingerprint density at radius 1 is 1.67 bits per heavy atom. The number of amides is 1. The first kappa shape index (κ1) is 12.8. The number of nitrogen functional groups attached to an aromatic ring is 1. The average molecular weight is 248 g/mol. The summed E-state index contributed by atoms with van der Waals surface area (Å²) in [5.74, 6) is 0.0267. The van der Waals surface area contributed by atoms with E-state index in [0.29, 0.717) is 23.8 Å². The van der Waals surface area contributed by atoms with Gasteiger partial charge in [-0.05, 0) is 39.4 Å². The molecule has 0 spiro atoms. The second-order valence-electron chi connectivity index (χ2n) is 4.93. The number of pyridine rings is 1. The van der Waals surface area contributed by atoms with Gasteiger partial charge in [0.1, 0.15) is 0 Å². The minimum Gasteiger partial charge on any atom is -0.397 e. The lowest BCUT2D eigenvalue weighted by Crippen LogP contribution is -2.29. The predicted molar refractivity (Wildman–Crippen MR) is 72.3 cm³/mol. The number of carbonyl (C=O) groups is 1. The van der Waals surface area contributed by atoms with Crippen molar-refractivity contribution >= 4 is 17.3 Å². The molecule has 98 valence electrons. The van der Waals surface area contributed by atoms with Gasteiger partial charge in [-0.25, -0.2) is 0 Å². The number of rotatable bonds is 3. The van der Waals surface area contributed by atoms with Gasteiger partial charge in [0.25, 0.3) is 0 Å². The van der Waals surface area contributed by atoms with E-state index in [1.165, 1.54) is 6.42 Å². The Kier molecular flexibility index (Phi) is 3.81. The molecule has 0 bridgehead atoms. The molecule has 0 radical (unpaired) electrons. The Morgan fingerprint density at radius 2 is 2.44 bits per heavy atom. The summed E-state index contributed by atoms with van der Waals surface area (Å²) in [6.45, 7) is 2.92. The van der Waals surface area contributed by atoms with Crippen LogP contribution in [0.1, 0.15) is 25.0 Å². The molecule has 18 heavy (non-hydrogen) atoms. The summed E-state index contributed by atoms with van der Waals surface area (Å²) >= 11 is 0. The molecule has 1 fully saturated rings. The Balaban J connectivity index is 1.92. The summed E-state index contributed by atoms with van der Waals surface area (Å²) in [5.41, 5.74) is 7.81. The van der Waals surface area contributed by atoms with Crippen molar-refractivity contribution in [1.29, 1.82) is 0 Å². The highest BCUT2D eigenvalue weighted by molar-refractivity contribution is 5.91. The first-order valence-electron chi connectivity index (χ1n) is 6.28. The summed E-state index contributed by atoms with van der Waals surface area (Å²) in [7, 11) is 2.07. The van der Waals surface area contributed by atoms with Crippen LogP contribution in [0.2, 0.25) is 0 Å². The van der Waals surface area contributed by atoms with Crippen molar-refractivity contribution < 1.29 is 4.79 Å². The smallest absolute Gasteiger partial charge is 0.225 e. The van der Waals surface area contributed by atoms with Crippen molar-refractivity contribution in [3.8, 4) is 0 Å². The summed E-state index contributed by atoms with van der Waals surface area (Å²) in [4.78, 5) is 18.3. The number of nitrogens with one attached hydrogen (secondary N) is 1. The molecule has 2 rings (SSSR count). The van der Waals surface area contributed by atoms with Gasteiger partial charge >= 0.3 is 0 Å². The maximum absolute atomic E-state index is 11.9. The van der Waals surface area contributed by atoms with E-state index in [-0.39, 0.29) is 5.91 Å². The fourth-order valence-corrected chi connectivity index (χ4v) is 2.28. The summed E-state index contributed by atoms with van der Waals surface area (Å²) in [5, 5.41) is 2.85. The first-order chi connectivity index (χ1) is 8.56. The van der Waals surface area contributed by atoms with Crippen molar-refractivity contribution in [3.63, 3.8) is 0 Å². The number of nitrogens with zero attached hydrogens (tertiary/aromatic N) is 2. The van der Waals surface area contributed by atoms with Crippen molar-refractivity contribution in [2.75, 3.05) is 24.6 Å². The van der Waals surface area contributed by atoms with Crippen LogP contribution < -0.4 is 11.1 Å². The lowest BCUT2D eigenvalue weighted by molar-refractivity contribution is -0.117. The molecular weight excluding hydrogens is 228 g/mol. The molecule has 5 heteroatoms. The normalized spacial score (nSPS) is 20.0. The van der Waals surface area contributed by atoms with E-state index in [9.17, 15) is 4.79 Å². The quantitative estimate of drug-likeness (QED) is 0.848. The monoisotopic (exact) mass is 248 g/mol. The number of carbonyl (C=O) groups excluding carboxylic acids is 1. The van der Waals surface area contributed by atoms with Crippen LogP contribution in [-0.4, -0.2) is 35.4 Å². The third kappa shape index (κ3) is 2.98. The maximum atomic E-state index is 11.9. The van der Waals surface area contributed by atoms with Crippen molar-refractivity contribution in [1.82, 2.24) is 9.88 Å². The maximum Gasteiger partial charge on any atom is 0.225 e. The van der Waals surface area contributed by atoms with Gasteiger partial charge in [-0.15, -0.1) is 0 Å². The molecule has 1 saturated heterocycles. The topological polar surface area (TPSA) is 71.2 Å². The minimum atomic E-state index is 0.0267. The highest BCUT2D eigenvalue weighted by Gasteiger charge is 2.23. The average Bonchev–Trinajstić information content (AvgIpc) is 2.70. The number of hydrogen-bond acceptors (Lipinski definition) is 4. The van der Waals surface area contributed by atoms with Crippen molar-refractivity contribution in [2.24, 2.45) is 0 Å². The van der Waals surface area contributed by atoms with E-state index in [1.54, 1.807) is 12.3 Å². The van der Waals surface area contributed by atoms with E-state index in [2.05, 4.69) is 22.2 Å². The molecule has 0 aliphatic carbocycles. The summed E-state index contributed by atoms with van der Waals surface area (Å²) < 4.78 is 0. The SMILES string of the molecule is Cc1ncc(NC(=O)C[C@@H]2CCCN2C)cc1N. The molecule has 1 aromatic rings. The Labute approximate surface area is 107 Å². The molecule has 0 saturated carbocycles. The van der Waals surface area contributed by atoms with Crippen LogP contribution in [-0.2, 0) is 4.79 Å². The molecule has 0 unspecified atom stereocenters. The van der Waals surface area contributed by atoms with Crippen LogP contribution in [0.5, 0.6) is 0 Å². The van der Waals surface area contributed by atoms with Gasteiger partial charge in [-0.2, -0.15) is 0 Å². The zero-order valence-corrected chi connectivity index (χ0v) is 10.9. The van der Waals surface area contributed by atoms with E-state index < -0.39 is 0 Å². The van der Waals surface area contributed by atoms with Gasteiger partial charge < -0.3 is 16.0 Å². The van der Waals surface area contributed by atoms with E-state index in [0.717, 1.165) is 18.7 Å². The second kappa shape index (κ2) is 5.35. The van der Waals surface area contributed by atoms with Gasteiger partial charge in [0.15, 0.2) is 0 Å². The number of aryl methyl sites for hydroxylation is 1. The second-order valence-corrected chi connectivity index (χ2v) is 4.93. The molecule has 2 heterocycles. The first-order valence-corrected chi connectivity index (χ1v) is 6.28. The van der Waals surface area contributed by atoms with Crippen LogP contribution in [0.25, 0.3) is 0 Å². The molecule has 1 aromatic heterocycles. The van der Waals surface area contributed by atoms with Crippen LogP contribution in [0, 0.1) is 6.92 Å². The van der Waals surface area contributed by atoms with Crippen molar-refractivity contribution in [2.45, 2.75) is 32.2 Å². The lowest BCUT2D eigenvalue weighted by Gasteiger charge is -2.18. The predicted octanol–water partition coefficient (Wildman–Crippen LogP) is 1.40. The highest BCUT2D eigenvalue weighted by Crippen LogP contribution is 2.19. The molecular formula is C13H20N4O. The van der Waals surface area contributed by atoms with Gasteiger partial charge in [-0.1, -0.05) is 0 Å². The Morgan fingerprint density at radius 3 is 3.06 bits per heavy atom. The number of likely N-dealkylation sites (tertiary alicyclic amines) is 1. The van der Waals surface area contributed by atoms with Gasteiger partial charge in [0, 0.05) is 12.5 Å². The van der Waals surface area contributed by atoms with Crippen LogP contribution in [0.4, 0.5) is 11.4 Å². The number of anilines is 2. The van der Waals surface area contributed by atoms with E-state index >= 15 is 0 Å². The third-order valence-electron chi connectivity index (χ3n) is 3.50. The Bertz CT molecular complexity index is 447. The highest BCUT2D eigenvalue weighted by atomic mass is 16.1. The van der Waals surface area contributed by atoms with Crippen LogP contribution >= 0.6 is 0 Å². The summed E-state index contributed by atoms with van der Waals surface area (Å²) in [6.07, 6.45) is 4.44. The molecule has 1 amide bonds. The zero-order valence-electron chi connectivity index (χ0n) is 10.9. The molecule has 1 atom stereocenters. The molecule has 1 aliphatic rings. The summed E-state index contributed by atoms with van der Waals surface area (Å²) in [6, 6.07) is 2.11. The minimum absolute atomic E-state index is 0.0267. The Hall–Kier alpha value is -1.62. The number of hydrogen-bond donors (Lipinski definition) is 2. The molecule has 1 aliphatic heterocycles. The zero-order chi connectivity index (χ0) is 13.1. The molecule has 5 nitrogen and oxygen atoms in total. The van der Waals surface area contributed by atoms with E-state index in [1.807, 2.05) is 6.92 Å². The largest absolute Gasteiger partial charge is 0.397 e. The van der Waals surface area contributed by atoms with Crippen LogP contribution in [0.15, 0.2) is 12.3 Å². The lowest BCUT2D eigenvalue weighted by atomic mass is 10.1. The standard InChI is InChI=1S/C13H20N4O/c1-9-12(14)6-10(8-15-9)16-13(18)7-11-4-3-5-17(11)2/h6,8,11H,3-5,7,14H2,1-2H3,(H,16,18)/t11-/m0/s1. The van der Waals surface area contributed by atoms with Gasteiger partial charge in [0.2, 0.25) is 5.91 Å². The fourth-order valence-electron chi connectivity index (χ4n) is 2.28.